The average Bonchev–Trinajstić information content (AvgIpc) is 2.97. The summed E-state index contributed by atoms with van der Waals surface area (Å²) < 4.78 is 0. The number of benzene rings is 5. The maximum absolute atomic E-state index is 11.7. The molecule has 40 heavy (non-hydrogen) atoms. The number of carbonyl (C=O) groups excluding carboxylic acids is 1. The van der Waals surface area contributed by atoms with Crippen LogP contribution in [0.25, 0.3) is 54.0 Å². The molecule has 0 spiro atoms. The van der Waals surface area contributed by atoms with Gasteiger partial charge in [-0.25, -0.2) is 0 Å². The number of aromatic nitrogens is 1. The molecule has 1 N–H and O–H groups in total. The SMILES string of the molecule is CCC(CC)C(=O)/C=C(\O)C(CC)CC.[Ir].[c-]1ccc2ccc3cccc4c5c6ccccc6cnc5c1c2c34. The number of carbonyl (C=O) groups is 1. The van der Waals surface area contributed by atoms with E-state index in [-0.39, 0.29) is 43.5 Å². The van der Waals surface area contributed by atoms with Gasteiger partial charge in [0.2, 0.25) is 0 Å². The monoisotopic (exact) mass is 707 g/mol. The quantitative estimate of drug-likeness (QED) is 0.0591. The van der Waals surface area contributed by atoms with Gasteiger partial charge in [0.25, 0.3) is 0 Å². The molecule has 0 aliphatic rings. The van der Waals surface area contributed by atoms with Crippen LogP contribution in [0.1, 0.15) is 53.4 Å². The van der Waals surface area contributed by atoms with Gasteiger partial charge < -0.3 is 10.1 Å². The number of hydrogen-bond acceptors (Lipinski definition) is 3. The third-order valence-electron chi connectivity index (χ3n) is 8.21. The molecule has 0 atom stereocenters. The molecule has 0 fully saturated rings. The van der Waals surface area contributed by atoms with Crippen LogP contribution in [0, 0.1) is 17.9 Å². The Balaban J connectivity index is 0.000000204. The summed E-state index contributed by atoms with van der Waals surface area (Å²) in [5, 5.41) is 21.0. The zero-order valence-corrected chi connectivity index (χ0v) is 26.0. The molecule has 0 aliphatic carbocycles. The van der Waals surface area contributed by atoms with Gasteiger partial charge in [-0.1, -0.05) is 87.7 Å². The largest absolute Gasteiger partial charge is 0.512 e. The van der Waals surface area contributed by atoms with Gasteiger partial charge in [0, 0.05) is 44.2 Å². The standard InChI is InChI=1S/C23H12N.C13H24O2.Ir/c1-2-8-17-16(5-1)13-24-23-19-10-4-7-15-12-11-14-6-3-9-18(22(17)23)20(14)21(15)19;1-5-10(6-2)12(14)9-13(15)11(7-3)8-4;/h1-9,11-13H;9-11,14H,5-8H2,1-4H3;/q-1;;/b;12-9-;. The molecule has 1 aromatic heterocycles. The fourth-order valence-corrected chi connectivity index (χ4v) is 5.89. The number of aliphatic hydroxyl groups is 1. The van der Waals surface area contributed by atoms with E-state index < -0.39 is 0 Å². The van der Waals surface area contributed by atoms with Crippen LogP contribution in [-0.2, 0) is 24.9 Å². The number of allylic oxidation sites excluding steroid dienone is 2. The first-order chi connectivity index (χ1) is 19.0. The zero-order chi connectivity index (χ0) is 27.5. The zero-order valence-electron chi connectivity index (χ0n) is 23.6. The van der Waals surface area contributed by atoms with E-state index in [0.29, 0.717) is 0 Å². The van der Waals surface area contributed by atoms with Gasteiger partial charge in [0.15, 0.2) is 5.78 Å². The first kappa shape index (κ1) is 29.6. The van der Waals surface area contributed by atoms with E-state index >= 15 is 0 Å². The summed E-state index contributed by atoms with van der Waals surface area (Å²) in [7, 11) is 0. The third kappa shape index (κ3) is 5.36. The average molecular weight is 707 g/mol. The van der Waals surface area contributed by atoms with Crippen molar-refractivity contribution in [3.63, 3.8) is 0 Å². The molecule has 0 unspecified atom stereocenters. The number of ketones is 1. The Morgan fingerprint density at radius 2 is 1.40 bits per heavy atom. The Morgan fingerprint density at radius 1 is 0.775 bits per heavy atom. The van der Waals surface area contributed by atoms with Gasteiger partial charge in [-0.05, 0) is 63.5 Å². The summed E-state index contributed by atoms with van der Waals surface area (Å²) >= 11 is 0. The van der Waals surface area contributed by atoms with Crippen molar-refractivity contribution in [1.82, 2.24) is 4.98 Å². The molecule has 1 radical (unpaired) electrons. The van der Waals surface area contributed by atoms with Crippen molar-refractivity contribution < 1.29 is 30.0 Å². The van der Waals surface area contributed by atoms with Crippen molar-refractivity contribution >= 4 is 59.8 Å². The van der Waals surface area contributed by atoms with Gasteiger partial charge >= 0.3 is 0 Å². The second-order valence-corrected chi connectivity index (χ2v) is 10.4. The van der Waals surface area contributed by atoms with E-state index in [2.05, 4.69) is 66.7 Å². The second kappa shape index (κ2) is 12.9. The summed E-state index contributed by atoms with van der Waals surface area (Å²) in [4.78, 5) is 16.5. The van der Waals surface area contributed by atoms with Crippen LogP contribution in [0.4, 0.5) is 0 Å². The molecule has 5 aromatic carbocycles. The fraction of sp³-hybridized carbons (Fsp3) is 0.278. The molecule has 0 saturated heterocycles. The molecule has 0 bridgehead atoms. The number of pyridine rings is 1. The molecule has 0 amide bonds. The maximum Gasteiger partial charge on any atom is 0.162 e. The van der Waals surface area contributed by atoms with E-state index in [9.17, 15) is 9.90 Å². The topological polar surface area (TPSA) is 50.2 Å². The molecule has 6 rings (SSSR count). The minimum atomic E-state index is 0. The second-order valence-electron chi connectivity index (χ2n) is 10.4. The molecule has 3 nitrogen and oxygen atoms in total. The molecule has 0 saturated carbocycles. The molecular weight excluding hydrogens is 671 g/mol. The Kier molecular flexibility index (Phi) is 9.55. The molecule has 0 aliphatic heterocycles. The van der Waals surface area contributed by atoms with Gasteiger partial charge in [0.05, 0.1) is 5.76 Å². The smallest absolute Gasteiger partial charge is 0.162 e. The van der Waals surface area contributed by atoms with Crippen molar-refractivity contribution in [3.8, 4) is 0 Å². The van der Waals surface area contributed by atoms with Crippen molar-refractivity contribution in [2.24, 2.45) is 11.8 Å². The molecule has 207 valence electrons. The Labute approximate surface area is 250 Å². The minimum Gasteiger partial charge on any atom is -0.512 e. The Hall–Kier alpha value is -3.33. The number of fused-ring (bicyclic) bond motifs is 5. The summed E-state index contributed by atoms with van der Waals surface area (Å²) in [6, 6.07) is 27.1. The van der Waals surface area contributed by atoms with Gasteiger partial charge in [-0.3, -0.25) is 4.79 Å². The van der Waals surface area contributed by atoms with E-state index in [1.54, 1.807) is 0 Å². The molecule has 1 heterocycles. The van der Waals surface area contributed by atoms with Crippen LogP contribution in [0.5, 0.6) is 0 Å². The van der Waals surface area contributed by atoms with E-state index in [0.717, 1.165) is 36.6 Å². The number of nitrogens with zero attached hydrogens (tertiary/aromatic N) is 1. The van der Waals surface area contributed by atoms with E-state index in [1.807, 2.05) is 40.0 Å². The summed E-state index contributed by atoms with van der Waals surface area (Å²) in [5.41, 5.74) is 1.05. The minimum absolute atomic E-state index is 0. The predicted molar refractivity (Wildman–Crippen MR) is 166 cm³/mol. The van der Waals surface area contributed by atoms with E-state index in [4.69, 9.17) is 4.98 Å². The third-order valence-corrected chi connectivity index (χ3v) is 8.21. The van der Waals surface area contributed by atoms with Crippen LogP contribution in [0.2, 0.25) is 0 Å². The van der Waals surface area contributed by atoms with Crippen molar-refractivity contribution in [2.75, 3.05) is 0 Å². The van der Waals surface area contributed by atoms with Gasteiger partial charge in [-0.15, -0.1) is 29.0 Å². The number of rotatable bonds is 7. The fourth-order valence-electron chi connectivity index (χ4n) is 5.89. The number of aliphatic hydroxyl groups excluding tert-OH is 1. The van der Waals surface area contributed by atoms with Crippen LogP contribution in [0.15, 0.2) is 84.8 Å². The summed E-state index contributed by atoms with van der Waals surface area (Å²) in [6.45, 7) is 8.07. The summed E-state index contributed by atoms with van der Waals surface area (Å²) in [6.07, 6.45) is 6.89. The first-order valence-electron chi connectivity index (χ1n) is 14.2. The van der Waals surface area contributed by atoms with E-state index in [1.165, 1.54) is 49.2 Å². The van der Waals surface area contributed by atoms with Gasteiger partial charge in [-0.2, -0.15) is 0 Å². The van der Waals surface area contributed by atoms with Crippen LogP contribution < -0.4 is 0 Å². The van der Waals surface area contributed by atoms with Crippen LogP contribution >= 0.6 is 0 Å². The predicted octanol–water partition coefficient (Wildman–Crippen LogP) is 9.95. The van der Waals surface area contributed by atoms with Crippen LogP contribution in [-0.4, -0.2) is 15.9 Å². The Bertz CT molecular complexity index is 1800. The molecule has 4 heteroatoms. The van der Waals surface area contributed by atoms with Crippen LogP contribution in [0.3, 0.4) is 0 Å². The van der Waals surface area contributed by atoms with Crippen molar-refractivity contribution in [1.29, 1.82) is 0 Å². The maximum atomic E-state index is 11.7. The van der Waals surface area contributed by atoms with Gasteiger partial charge in [0.1, 0.15) is 0 Å². The molecular formula is C36H36IrNO2-. The van der Waals surface area contributed by atoms with Crippen molar-refractivity contribution in [2.45, 2.75) is 53.4 Å². The molecule has 6 aromatic rings. The first-order valence-corrected chi connectivity index (χ1v) is 14.2. The number of hydrogen-bond donors (Lipinski definition) is 1. The summed E-state index contributed by atoms with van der Waals surface area (Å²) in [5.74, 6) is 0.547. The van der Waals surface area contributed by atoms with Crippen molar-refractivity contribution in [3.05, 3.63) is 90.8 Å². The Morgan fingerprint density at radius 3 is 2.10 bits per heavy atom. The normalized spacial score (nSPS) is 12.0.